The van der Waals surface area contributed by atoms with Crippen molar-refractivity contribution in [2.24, 2.45) is 10.9 Å². The molecule has 0 N–H and O–H groups in total. The number of ketones is 1. The predicted molar refractivity (Wildman–Crippen MR) is 139 cm³/mol. The highest BCUT2D eigenvalue weighted by atomic mass is 79.9. The Kier molecular flexibility index (Phi) is 6.92. The van der Waals surface area contributed by atoms with E-state index >= 15 is 0 Å². The van der Waals surface area contributed by atoms with Crippen LogP contribution in [0.25, 0.3) is 0 Å². The van der Waals surface area contributed by atoms with Crippen LogP contribution < -0.4 is 4.74 Å². The SMILES string of the molecule is COc1ccc([C@H]2C3=C(C[C@@H](c4ccccc4)CC3=O)N=C(C)C2C(=O)OC2CCCC2)cc1Br. The zero-order chi connectivity index (χ0) is 24.5. The van der Waals surface area contributed by atoms with Gasteiger partial charge in [0.25, 0.3) is 0 Å². The second-order valence-corrected chi connectivity index (χ2v) is 10.6. The number of allylic oxidation sites excluding steroid dienone is 2. The van der Waals surface area contributed by atoms with Gasteiger partial charge in [0.2, 0.25) is 0 Å². The number of benzene rings is 2. The molecule has 2 aliphatic carbocycles. The largest absolute Gasteiger partial charge is 0.496 e. The van der Waals surface area contributed by atoms with E-state index in [-0.39, 0.29) is 23.8 Å². The third-order valence-corrected chi connectivity index (χ3v) is 8.15. The molecule has 182 valence electrons. The molecular weight excluding hydrogens is 506 g/mol. The molecule has 0 saturated heterocycles. The molecule has 2 aromatic rings. The molecule has 2 aromatic carbocycles. The normalized spacial score (nSPS) is 24.7. The Morgan fingerprint density at radius 3 is 2.46 bits per heavy atom. The fraction of sp³-hybridized carbons (Fsp3) is 0.414. The first-order valence-electron chi connectivity index (χ1n) is 12.4. The molecule has 5 rings (SSSR count). The summed E-state index contributed by atoms with van der Waals surface area (Å²) in [5, 5.41) is 0. The number of nitrogens with zero attached hydrogens (tertiary/aromatic N) is 1. The Labute approximate surface area is 214 Å². The maximum atomic E-state index is 13.7. The van der Waals surface area contributed by atoms with Gasteiger partial charge >= 0.3 is 5.97 Å². The monoisotopic (exact) mass is 535 g/mol. The maximum Gasteiger partial charge on any atom is 0.315 e. The summed E-state index contributed by atoms with van der Waals surface area (Å²) >= 11 is 3.59. The number of hydrogen-bond acceptors (Lipinski definition) is 5. The first-order chi connectivity index (χ1) is 17.0. The number of rotatable bonds is 5. The predicted octanol–water partition coefficient (Wildman–Crippen LogP) is 6.52. The molecule has 0 spiro atoms. The second kappa shape index (κ2) is 10.1. The van der Waals surface area contributed by atoms with E-state index in [2.05, 4.69) is 28.1 Å². The molecule has 35 heavy (non-hydrogen) atoms. The molecule has 0 aromatic heterocycles. The van der Waals surface area contributed by atoms with Crippen LogP contribution in [0, 0.1) is 5.92 Å². The number of esters is 1. The van der Waals surface area contributed by atoms with Gasteiger partial charge in [-0.15, -0.1) is 0 Å². The number of ether oxygens (including phenoxy) is 2. The summed E-state index contributed by atoms with van der Waals surface area (Å²) in [5.41, 5.74) is 4.21. The van der Waals surface area contributed by atoms with Crippen molar-refractivity contribution >= 4 is 33.4 Å². The van der Waals surface area contributed by atoms with Crippen molar-refractivity contribution in [1.82, 2.24) is 0 Å². The van der Waals surface area contributed by atoms with E-state index in [1.807, 2.05) is 43.3 Å². The summed E-state index contributed by atoms with van der Waals surface area (Å²) in [6.45, 7) is 1.90. The van der Waals surface area contributed by atoms with Crippen LogP contribution in [0.3, 0.4) is 0 Å². The van der Waals surface area contributed by atoms with E-state index in [0.29, 0.717) is 29.9 Å². The lowest BCUT2D eigenvalue weighted by molar-refractivity contribution is -0.151. The van der Waals surface area contributed by atoms with E-state index in [1.54, 1.807) is 7.11 Å². The average molecular weight is 536 g/mol. The summed E-state index contributed by atoms with van der Waals surface area (Å²) in [5.74, 6) is -0.473. The molecule has 1 saturated carbocycles. The molecular formula is C29H30BrNO4. The summed E-state index contributed by atoms with van der Waals surface area (Å²) in [6, 6.07) is 15.9. The van der Waals surface area contributed by atoms with Crippen LogP contribution in [-0.2, 0) is 14.3 Å². The lowest BCUT2D eigenvalue weighted by atomic mass is 9.69. The molecule has 6 heteroatoms. The molecule has 5 nitrogen and oxygen atoms in total. The topological polar surface area (TPSA) is 65.0 Å². The van der Waals surface area contributed by atoms with Crippen molar-refractivity contribution in [3.05, 3.63) is 75.4 Å². The van der Waals surface area contributed by atoms with Crippen LogP contribution >= 0.6 is 15.9 Å². The number of methoxy groups -OCH3 is 1. The quantitative estimate of drug-likeness (QED) is 0.409. The van der Waals surface area contributed by atoms with Crippen LogP contribution in [0.2, 0.25) is 0 Å². The number of carbonyl (C=O) groups excluding carboxylic acids is 2. The van der Waals surface area contributed by atoms with Crippen LogP contribution in [0.4, 0.5) is 0 Å². The van der Waals surface area contributed by atoms with Gasteiger partial charge in [-0.3, -0.25) is 14.6 Å². The zero-order valence-electron chi connectivity index (χ0n) is 20.1. The highest BCUT2D eigenvalue weighted by Gasteiger charge is 2.45. The number of halogens is 1. The molecule has 3 atom stereocenters. The van der Waals surface area contributed by atoms with Crippen LogP contribution in [0.5, 0.6) is 5.75 Å². The van der Waals surface area contributed by atoms with Gasteiger partial charge in [0.15, 0.2) is 5.78 Å². The minimum Gasteiger partial charge on any atom is -0.496 e. The average Bonchev–Trinajstić information content (AvgIpc) is 3.36. The fourth-order valence-electron chi connectivity index (χ4n) is 5.81. The van der Waals surface area contributed by atoms with Gasteiger partial charge < -0.3 is 9.47 Å². The van der Waals surface area contributed by atoms with Crippen molar-refractivity contribution in [1.29, 1.82) is 0 Å². The van der Waals surface area contributed by atoms with E-state index in [1.165, 1.54) is 0 Å². The Balaban J connectivity index is 1.56. The minimum absolute atomic E-state index is 0.0431. The van der Waals surface area contributed by atoms with Crippen molar-refractivity contribution < 1.29 is 19.1 Å². The summed E-state index contributed by atoms with van der Waals surface area (Å²) in [6.07, 6.45) is 5.02. The lowest BCUT2D eigenvalue weighted by Crippen LogP contribution is -2.39. The number of Topliss-reactive ketones (excluding diaryl/α,β-unsaturated/α-hetero) is 1. The third kappa shape index (κ3) is 4.73. The van der Waals surface area contributed by atoms with Gasteiger partial charge in [-0.2, -0.15) is 0 Å². The first-order valence-corrected chi connectivity index (χ1v) is 13.2. The summed E-state index contributed by atoms with van der Waals surface area (Å²) < 4.78 is 12.2. The Morgan fingerprint density at radius 1 is 1.03 bits per heavy atom. The lowest BCUT2D eigenvalue weighted by Gasteiger charge is -2.37. The van der Waals surface area contributed by atoms with Gasteiger partial charge in [0.05, 0.1) is 11.6 Å². The fourth-order valence-corrected chi connectivity index (χ4v) is 6.36. The van der Waals surface area contributed by atoms with Gasteiger partial charge in [0.1, 0.15) is 17.8 Å². The summed E-state index contributed by atoms with van der Waals surface area (Å²) in [7, 11) is 1.62. The standard InChI is InChI=1S/C29H30BrNO4/c1-17-26(29(33)35-21-10-6-7-11-21)27(19-12-13-25(34-2)22(30)14-19)28-23(31-17)15-20(16-24(28)32)18-8-4-3-5-9-18/h3-5,8-9,12-14,20-21,26-27H,6-7,10-11,15-16H2,1-2H3/t20-,26?,27-/m1/s1. The Hall–Kier alpha value is -2.73. The van der Waals surface area contributed by atoms with Crippen molar-refractivity contribution in [2.75, 3.05) is 7.11 Å². The molecule has 0 bridgehead atoms. The van der Waals surface area contributed by atoms with Crippen LogP contribution in [-0.4, -0.2) is 30.7 Å². The van der Waals surface area contributed by atoms with E-state index in [4.69, 9.17) is 14.5 Å². The van der Waals surface area contributed by atoms with Gasteiger partial charge in [-0.05, 0) is 84.1 Å². The highest BCUT2D eigenvalue weighted by Crippen LogP contribution is 2.48. The van der Waals surface area contributed by atoms with E-state index < -0.39 is 11.8 Å². The van der Waals surface area contributed by atoms with Crippen molar-refractivity contribution in [2.45, 2.75) is 63.4 Å². The smallest absolute Gasteiger partial charge is 0.315 e. The maximum absolute atomic E-state index is 13.7. The van der Waals surface area contributed by atoms with Crippen LogP contribution in [0.15, 0.2) is 69.3 Å². The number of carbonyl (C=O) groups is 2. The number of hydrogen-bond donors (Lipinski definition) is 0. The van der Waals surface area contributed by atoms with Crippen molar-refractivity contribution in [3.8, 4) is 5.75 Å². The second-order valence-electron chi connectivity index (χ2n) is 9.75. The van der Waals surface area contributed by atoms with Crippen molar-refractivity contribution in [3.63, 3.8) is 0 Å². The highest BCUT2D eigenvalue weighted by molar-refractivity contribution is 9.10. The number of aliphatic imine (C=N–C) groups is 1. The molecule has 0 radical (unpaired) electrons. The third-order valence-electron chi connectivity index (χ3n) is 7.53. The van der Waals surface area contributed by atoms with E-state index in [9.17, 15) is 9.59 Å². The summed E-state index contributed by atoms with van der Waals surface area (Å²) in [4.78, 5) is 32.1. The zero-order valence-corrected chi connectivity index (χ0v) is 21.7. The van der Waals surface area contributed by atoms with Gasteiger partial charge in [0, 0.05) is 29.3 Å². The Bertz CT molecular complexity index is 1200. The minimum atomic E-state index is -0.619. The first kappa shape index (κ1) is 24.0. The molecule has 1 unspecified atom stereocenters. The Morgan fingerprint density at radius 2 is 1.77 bits per heavy atom. The van der Waals surface area contributed by atoms with Gasteiger partial charge in [-0.1, -0.05) is 36.4 Å². The molecule has 1 fully saturated rings. The molecule has 3 aliphatic rings. The molecule has 1 heterocycles. The molecule has 0 amide bonds. The van der Waals surface area contributed by atoms with E-state index in [0.717, 1.165) is 47.0 Å². The van der Waals surface area contributed by atoms with Gasteiger partial charge in [-0.25, -0.2) is 0 Å². The van der Waals surface area contributed by atoms with Crippen LogP contribution in [0.1, 0.15) is 68.4 Å². The molecule has 1 aliphatic heterocycles.